The molecule has 2 nitrogen and oxygen atoms in total. The lowest BCUT2D eigenvalue weighted by Crippen LogP contribution is -2.28. The molecular formula is C12H14NO+. The highest BCUT2D eigenvalue weighted by Gasteiger charge is 2.08. The van der Waals surface area contributed by atoms with Gasteiger partial charge < -0.3 is 4.74 Å². The van der Waals surface area contributed by atoms with Crippen LogP contribution in [0.15, 0.2) is 36.5 Å². The predicted octanol–water partition coefficient (Wildman–Crippen LogP) is 2.06. The molecular weight excluding hydrogens is 174 g/mol. The number of benzene rings is 1. The van der Waals surface area contributed by atoms with Gasteiger partial charge in [0.05, 0.1) is 12.0 Å². The Morgan fingerprint density at radius 3 is 2.79 bits per heavy atom. The first kappa shape index (κ1) is 9.00. The zero-order valence-corrected chi connectivity index (χ0v) is 8.53. The van der Waals surface area contributed by atoms with Gasteiger partial charge in [0.2, 0.25) is 5.52 Å². The van der Waals surface area contributed by atoms with Crippen LogP contribution in [0.3, 0.4) is 0 Å². The van der Waals surface area contributed by atoms with Crippen molar-refractivity contribution < 1.29 is 9.30 Å². The fourth-order valence-electron chi connectivity index (χ4n) is 1.62. The topological polar surface area (TPSA) is 13.1 Å². The van der Waals surface area contributed by atoms with E-state index >= 15 is 0 Å². The summed E-state index contributed by atoms with van der Waals surface area (Å²) in [4.78, 5) is 0. The molecule has 2 heteroatoms. The minimum Gasteiger partial charge on any atom is -0.493 e. The van der Waals surface area contributed by atoms with Crippen molar-refractivity contribution in [3.63, 3.8) is 0 Å². The van der Waals surface area contributed by atoms with E-state index in [1.54, 1.807) is 0 Å². The summed E-state index contributed by atoms with van der Waals surface area (Å²) in [7, 11) is 2.04. The Morgan fingerprint density at radius 2 is 2.00 bits per heavy atom. The van der Waals surface area contributed by atoms with E-state index in [4.69, 9.17) is 4.74 Å². The van der Waals surface area contributed by atoms with E-state index in [0.29, 0.717) is 6.61 Å². The summed E-state index contributed by atoms with van der Waals surface area (Å²) in [6.07, 6.45) is 2.02. The quantitative estimate of drug-likeness (QED) is 0.657. The third-order valence-electron chi connectivity index (χ3n) is 2.30. The largest absolute Gasteiger partial charge is 0.493 e. The number of fused-ring (bicyclic) bond motifs is 1. The number of aryl methyl sites for hydroxylation is 1. The van der Waals surface area contributed by atoms with Gasteiger partial charge in [0.15, 0.2) is 6.20 Å². The van der Waals surface area contributed by atoms with Crippen LogP contribution in [0, 0.1) is 0 Å². The Hall–Kier alpha value is -1.57. The highest BCUT2D eigenvalue weighted by Crippen LogP contribution is 2.21. The van der Waals surface area contributed by atoms with Crippen LogP contribution in [0.5, 0.6) is 5.75 Å². The Morgan fingerprint density at radius 1 is 1.21 bits per heavy atom. The van der Waals surface area contributed by atoms with Crippen LogP contribution in [0.4, 0.5) is 0 Å². The Balaban J connectivity index is 2.68. The monoisotopic (exact) mass is 188 g/mol. The average molecular weight is 188 g/mol. The van der Waals surface area contributed by atoms with E-state index in [1.165, 1.54) is 10.9 Å². The smallest absolute Gasteiger partial charge is 0.216 e. The second-order valence-electron chi connectivity index (χ2n) is 3.24. The molecule has 0 unspecified atom stereocenters. The van der Waals surface area contributed by atoms with Crippen molar-refractivity contribution in [1.82, 2.24) is 0 Å². The number of aromatic nitrogens is 1. The molecule has 0 saturated heterocycles. The molecule has 0 aliphatic rings. The van der Waals surface area contributed by atoms with E-state index in [-0.39, 0.29) is 0 Å². The molecule has 2 aromatic rings. The van der Waals surface area contributed by atoms with Gasteiger partial charge in [-0.3, -0.25) is 0 Å². The molecule has 2 rings (SSSR count). The molecule has 0 bridgehead atoms. The van der Waals surface area contributed by atoms with Crippen LogP contribution >= 0.6 is 0 Å². The van der Waals surface area contributed by atoms with Gasteiger partial charge in [-0.05, 0) is 13.0 Å². The summed E-state index contributed by atoms with van der Waals surface area (Å²) in [6, 6.07) is 10.3. The molecule has 0 atom stereocenters. The first-order chi connectivity index (χ1) is 6.83. The van der Waals surface area contributed by atoms with E-state index in [2.05, 4.69) is 16.7 Å². The average Bonchev–Trinajstić information content (AvgIpc) is 2.23. The van der Waals surface area contributed by atoms with E-state index in [0.717, 1.165) is 5.75 Å². The molecule has 0 aliphatic carbocycles. The minimum absolute atomic E-state index is 0.706. The predicted molar refractivity (Wildman–Crippen MR) is 56.3 cm³/mol. The van der Waals surface area contributed by atoms with E-state index < -0.39 is 0 Å². The van der Waals surface area contributed by atoms with Gasteiger partial charge in [-0.15, -0.1) is 0 Å². The summed E-state index contributed by atoms with van der Waals surface area (Å²) in [5.74, 6) is 0.959. The maximum absolute atomic E-state index is 5.56. The Bertz CT molecular complexity index is 451. The van der Waals surface area contributed by atoms with Gasteiger partial charge in [-0.2, -0.15) is 0 Å². The van der Waals surface area contributed by atoms with E-state index in [1.807, 2.05) is 38.4 Å². The van der Waals surface area contributed by atoms with Crippen molar-refractivity contribution in [1.29, 1.82) is 0 Å². The normalized spacial score (nSPS) is 10.4. The molecule has 0 spiro atoms. The number of hydrogen-bond acceptors (Lipinski definition) is 1. The third-order valence-corrected chi connectivity index (χ3v) is 2.30. The van der Waals surface area contributed by atoms with Gasteiger partial charge in [0.1, 0.15) is 12.8 Å². The molecule has 1 aromatic heterocycles. The molecule has 1 aromatic carbocycles. The summed E-state index contributed by atoms with van der Waals surface area (Å²) in [5, 5.41) is 1.17. The molecule has 0 N–H and O–H groups in total. The summed E-state index contributed by atoms with van der Waals surface area (Å²) >= 11 is 0. The van der Waals surface area contributed by atoms with Gasteiger partial charge >= 0.3 is 0 Å². The fourth-order valence-corrected chi connectivity index (χ4v) is 1.62. The number of ether oxygens (including phenoxy) is 1. The van der Waals surface area contributed by atoms with Gasteiger partial charge in [-0.25, -0.2) is 4.57 Å². The molecule has 1 heterocycles. The molecule has 0 fully saturated rings. The standard InChI is InChI=1S/C12H14NO/c1-3-14-12-8-9-13(2)11-7-5-4-6-10(11)12/h4-9H,3H2,1-2H3/q+1. The van der Waals surface area contributed by atoms with Crippen molar-refractivity contribution in [2.45, 2.75) is 6.92 Å². The third kappa shape index (κ3) is 1.43. The van der Waals surface area contributed by atoms with Crippen molar-refractivity contribution in [3.05, 3.63) is 36.5 Å². The number of pyridine rings is 1. The van der Waals surface area contributed by atoms with E-state index in [9.17, 15) is 0 Å². The number of para-hydroxylation sites is 1. The minimum atomic E-state index is 0.706. The van der Waals surface area contributed by atoms with Crippen LogP contribution in [-0.2, 0) is 7.05 Å². The van der Waals surface area contributed by atoms with Crippen LogP contribution in [0.25, 0.3) is 10.9 Å². The Kier molecular flexibility index (Phi) is 2.35. The van der Waals surface area contributed by atoms with Crippen LogP contribution in [0.1, 0.15) is 6.92 Å². The molecule has 0 aliphatic heterocycles. The summed E-state index contributed by atoms with van der Waals surface area (Å²) in [5.41, 5.74) is 1.19. The first-order valence-corrected chi connectivity index (χ1v) is 4.83. The van der Waals surface area contributed by atoms with Crippen LogP contribution < -0.4 is 9.30 Å². The maximum Gasteiger partial charge on any atom is 0.216 e. The van der Waals surface area contributed by atoms with Crippen molar-refractivity contribution >= 4 is 10.9 Å². The van der Waals surface area contributed by atoms with Gasteiger partial charge in [0.25, 0.3) is 0 Å². The fraction of sp³-hybridized carbons (Fsp3) is 0.250. The summed E-state index contributed by atoms with van der Waals surface area (Å²) in [6.45, 7) is 2.71. The van der Waals surface area contributed by atoms with Crippen LogP contribution in [-0.4, -0.2) is 6.61 Å². The number of rotatable bonds is 2. The molecule has 0 amide bonds. The highest BCUT2D eigenvalue weighted by atomic mass is 16.5. The SMILES string of the molecule is CCOc1cc[n+](C)c2ccccc12. The lowest BCUT2D eigenvalue weighted by Gasteiger charge is -2.04. The van der Waals surface area contributed by atoms with Gasteiger partial charge in [0, 0.05) is 12.1 Å². The molecule has 14 heavy (non-hydrogen) atoms. The zero-order chi connectivity index (χ0) is 9.97. The second-order valence-corrected chi connectivity index (χ2v) is 3.24. The van der Waals surface area contributed by atoms with Crippen molar-refractivity contribution in [2.75, 3.05) is 6.61 Å². The van der Waals surface area contributed by atoms with Crippen LogP contribution in [0.2, 0.25) is 0 Å². The Labute approximate surface area is 83.8 Å². The van der Waals surface area contributed by atoms with Gasteiger partial charge in [-0.1, -0.05) is 12.1 Å². The first-order valence-electron chi connectivity index (χ1n) is 4.83. The maximum atomic E-state index is 5.56. The highest BCUT2D eigenvalue weighted by molar-refractivity contribution is 5.82. The summed E-state index contributed by atoms with van der Waals surface area (Å²) < 4.78 is 7.66. The zero-order valence-electron chi connectivity index (χ0n) is 8.53. The molecule has 0 saturated carbocycles. The molecule has 0 radical (unpaired) electrons. The second kappa shape index (κ2) is 3.66. The molecule has 72 valence electrons. The lowest BCUT2D eigenvalue weighted by atomic mass is 10.2. The van der Waals surface area contributed by atoms with Crippen molar-refractivity contribution in [2.24, 2.45) is 7.05 Å². The lowest BCUT2D eigenvalue weighted by molar-refractivity contribution is -0.644. The number of nitrogens with zero attached hydrogens (tertiary/aromatic N) is 1. The van der Waals surface area contributed by atoms with Crippen molar-refractivity contribution in [3.8, 4) is 5.75 Å². The number of hydrogen-bond donors (Lipinski definition) is 0.